The summed E-state index contributed by atoms with van der Waals surface area (Å²) in [4.78, 5) is 32.5. The van der Waals surface area contributed by atoms with Crippen LogP contribution >= 0.6 is 34.5 Å². The second-order valence-corrected chi connectivity index (χ2v) is 11.4. The summed E-state index contributed by atoms with van der Waals surface area (Å²) in [6, 6.07) is 19.4. The van der Waals surface area contributed by atoms with Gasteiger partial charge in [0.05, 0.1) is 45.6 Å². The Balaban J connectivity index is 1.60. The second kappa shape index (κ2) is 13.6. The minimum atomic E-state index is -0.834. The van der Waals surface area contributed by atoms with E-state index in [2.05, 4.69) is 4.99 Å². The Bertz CT molecular complexity index is 1870. The highest BCUT2D eigenvalue weighted by Crippen LogP contribution is 2.36. The number of hydrogen-bond acceptors (Lipinski definition) is 8. The molecule has 8 nitrogen and oxygen atoms in total. The van der Waals surface area contributed by atoms with Crippen molar-refractivity contribution in [2.75, 3.05) is 27.4 Å². The number of nitrogens with zero attached hydrogens (tertiary/aromatic N) is 2. The third-order valence-corrected chi connectivity index (χ3v) is 8.47. The summed E-state index contributed by atoms with van der Waals surface area (Å²) in [7, 11) is 3.06. The van der Waals surface area contributed by atoms with Crippen molar-refractivity contribution in [3.8, 4) is 11.5 Å². The molecule has 1 aromatic heterocycles. The van der Waals surface area contributed by atoms with Gasteiger partial charge >= 0.3 is 5.97 Å². The number of carbonyl (C=O) groups is 1. The number of thiazole rings is 1. The van der Waals surface area contributed by atoms with Gasteiger partial charge in [0, 0.05) is 7.11 Å². The van der Waals surface area contributed by atoms with E-state index < -0.39 is 12.0 Å². The summed E-state index contributed by atoms with van der Waals surface area (Å²) >= 11 is 13.5. The molecule has 0 saturated heterocycles. The molecule has 43 heavy (non-hydrogen) atoms. The van der Waals surface area contributed by atoms with Crippen LogP contribution in [0, 0.1) is 0 Å². The third kappa shape index (κ3) is 6.70. The SMILES string of the molecule is COCCOC(=O)C1=C(C)N=c2sc(=Cc3ccc(Cl)c(Cl)c3)c(=O)n2C1c1ccc(OCc2ccccc2)c(OC)c1. The first kappa shape index (κ1) is 30.6. The molecule has 5 rings (SSSR count). The summed E-state index contributed by atoms with van der Waals surface area (Å²) < 4.78 is 24.2. The van der Waals surface area contributed by atoms with E-state index in [0.717, 1.165) is 5.56 Å². The lowest BCUT2D eigenvalue weighted by molar-refractivity contribution is -0.140. The standard InChI is InChI=1S/C32H28Cl2N2O6S/c1-19-28(31(38)41-14-13-39-2)29(22-10-12-25(26(17-22)40-3)42-18-20-7-5-4-6-8-20)36-30(37)27(43-32(36)35-19)16-21-9-11-23(33)24(34)15-21/h4-12,15-17,29H,13-14,18H2,1-3H3. The van der Waals surface area contributed by atoms with E-state index in [1.165, 1.54) is 30.1 Å². The van der Waals surface area contributed by atoms with Gasteiger partial charge in [-0.25, -0.2) is 9.79 Å². The number of ether oxygens (including phenoxy) is 4. The predicted molar refractivity (Wildman–Crippen MR) is 167 cm³/mol. The molecule has 2 heterocycles. The highest BCUT2D eigenvalue weighted by molar-refractivity contribution is 7.07. The molecule has 0 bridgehead atoms. The van der Waals surface area contributed by atoms with Crippen molar-refractivity contribution in [2.45, 2.75) is 19.6 Å². The molecule has 1 aliphatic rings. The molecular formula is C32H28Cl2N2O6S. The number of hydrogen-bond donors (Lipinski definition) is 0. The van der Waals surface area contributed by atoms with Crippen molar-refractivity contribution in [1.29, 1.82) is 0 Å². The summed E-state index contributed by atoms with van der Waals surface area (Å²) in [6.45, 7) is 2.35. The maximum Gasteiger partial charge on any atom is 0.338 e. The number of fused-ring (bicyclic) bond motifs is 1. The van der Waals surface area contributed by atoms with Gasteiger partial charge in [-0.2, -0.15) is 0 Å². The Morgan fingerprint density at radius 2 is 1.79 bits per heavy atom. The van der Waals surface area contributed by atoms with Crippen LogP contribution in [0.4, 0.5) is 0 Å². The molecule has 1 unspecified atom stereocenters. The average Bonchev–Trinajstić information content (AvgIpc) is 3.31. The molecule has 0 saturated carbocycles. The monoisotopic (exact) mass is 638 g/mol. The fourth-order valence-electron chi connectivity index (χ4n) is 4.66. The van der Waals surface area contributed by atoms with E-state index in [1.54, 1.807) is 43.3 Å². The summed E-state index contributed by atoms with van der Waals surface area (Å²) in [6.07, 6.45) is 1.72. The van der Waals surface area contributed by atoms with Gasteiger partial charge < -0.3 is 18.9 Å². The maximum absolute atomic E-state index is 13.9. The van der Waals surface area contributed by atoms with Crippen molar-refractivity contribution < 1.29 is 23.7 Å². The van der Waals surface area contributed by atoms with Crippen LogP contribution in [-0.2, 0) is 20.9 Å². The number of allylic oxidation sites excluding steroid dienone is 1. The van der Waals surface area contributed by atoms with Crippen molar-refractivity contribution in [2.24, 2.45) is 4.99 Å². The van der Waals surface area contributed by atoms with Gasteiger partial charge in [-0.05, 0) is 54.0 Å². The van der Waals surface area contributed by atoms with Crippen LogP contribution in [0.1, 0.15) is 29.7 Å². The smallest absolute Gasteiger partial charge is 0.338 e. The van der Waals surface area contributed by atoms with Crippen LogP contribution in [0.25, 0.3) is 6.08 Å². The first-order valence-electron chi connectivity index (χ1n) is 13.3. The Kier molecular flexibility index (Phi) is 9.67. The molecule has 222 valence electrons. The molecule has 0 amide bonds. The Hall–Kier alpha value is -3.89. The minimum absolute atomic E-state index is 0.0518. The highest BCUT2D eigenvalue weighted by atomic mass is 35.5. The first-order chi connectivity index (χ1) is 20.8. The normalized spacial score (nSPS) is 14.7. The van der Waals surface area contributed by atoms with Crippen molar-refractivity contribution in [3.63, 3.8) is 0 Å². The van der Waals surface area contributed by atoms with E-state index in [-0.39, 0.29) is 24.3 Å². The van der Waals surface area contributed by atoms with E-state index in [1.807, 2.05) is 36.4 Å². The zero-order valence-corrected chi connectivity index (χ0v) is 26.0. The zero-order valence-electron chi connectivity index (χ0n) is 23.6. The second-order valence-electron chi connectivity index (χ2n) is 9.57. The molecule has 0 N–H and O–H groups in total. The fraction of sp³-hybridized carbons (Fsp3) is 0.219. The number of esters is 1. The lowest BCUT2D eigenvalue weighted by Crippen LogP contribution is -2.40. The van der Waals surface area contributed by atoms with Crippen LogP contribution in [0.2, 0.25) is 10.0 Å². The van der Waals surface area contributed by atoms with E-state index >= 15 is 0 Å². The zero-order chi connectivity index (χ0) is 30.5. The molecular weight excluding hydrogens is 611 g/mol. The number of rotatable bonds is 10. The fourth-order valence-corrected chi connectivity index (χ4v) is 6.01. The number of halogens is 2. The van der Waals surface area contributed by atoms with Crippen molar-refractivity contribution >= 4 is 46.6 Å². The van der Waals surface area contributed by atoms with Gasteiger partial charge in [0.1, 0.15) is 13.2 Å². The molecule has 1 aliphatic heterocycles. The average molecular weight is 640 g/mol. The summed E-state index contributed by atoms with van der Waals surface area (Å²) in [5.74, 6) is 0.380. The quantitative estimate of drug-likeness (QED) is 0.173. The Morgan fingerprint density at radius 1 is 1.00 bits per heavy atom. The highest BCUT2D eigenvalue weighted by Gasteiger charge is 2.34. The first-order valence-corrected chi connectivity index (χ1v) is 14.9. The van der Waals surface area contributed by atoms with Crippen LogP contribution in [0.3, 0.4) is 0 Å². The molecule has 0 fully saturated rings. The van der Waals surface area contributed by atoms with Gasteiger partial charge in [0.25, 0.3) is 5.56 Å². The lowest BCUT2D eigenvalue weighted by atomic mass is 9.95. The van der Waals surface area contributed by atoms with Crippen LogP contribution in [0.5, 0.6) is 11.5 Å². The predicted octanol–water partition coefficient (Wildman–Crippen LogP) is 5.32. The molecule has 0 aliphatic carbocycles. The van der Waals surface area contributed by atoms with Crippen LogP contribution in [-0.4, -0.2) is 38.0 Å². The number of methoxy groups -OCH3 is 2. The van der Waals surface area contributed by atoms with Gasteiger partial charge in [-0.3, -0.25) is 9.36 Å². The maximum atomic E-state index is 13.9. The van der Waals surface area contributed by atoms with Gasteiger partial charge in [-0.15, -0.1) is 0 Å². The van der Waals surface area contributed by atoms with Crippen molar-refractivity contribution in [1.82, 2.24) is 4.57 Å². The van der Waals surface area contributed by atoms with Crippen LogP contribution in [0.15, 0.2) is 87.8 Å². The molecule has 11 heteroatoms. The molecule has 1 atom stereocenters. The van der Waals surface area contributed by atoms with Gasteiger partial charge in [-0.1, -0.05) is 77.0 Å². The minimum Gasteiger partial charge on any atom is -0.493 e. The molecule has 0 spiro atoms. The summed E-state index contributed by atoms with van der Waals surface area (Å²) in [5.41, 5.74) is 2.69. The van der Waals surface area contributed by atoms with E-state index in [9.17, 15) is 9.59 Å². The van der Waals surface area contributed by atoms with Gasteiger partial charge in [0.2, 0.25) is 0 Å². The number of benzene rings is 3. The van der Waals surface area contributed by atoms with Crippen LogP contribution < -0.4 is 24.4 Å². The van der Waals surface area contributed by atoms with Crippen molar-refractivity contribution in [3.05, 3.63) is 124 Å². The Morgan fingerprint density at radius 3 is 2.51 bits per heavy atom. The van der Waals surface area contributed by atoms with E-state index in [0.29, 0.717) is 54.3 Å². The number of aromatic nitrogens is 1. The molecule has 0 radical (unpaired) electrons. The number of carbonyl (C=O) groups excluding carboxylic acids is 1. The third-order valence-electron chi connectivity index (χ3n) is 6.74. The lowest BCUT2D eigenvalue weighted by Gasteiger charge is -2.25. The van der Waals surface area contributed by atoms with E-state index in [4.69, 9.17) is 42.1 Å². The van der Waals surface area contributed by atoms with Gasteiger partial charge in [0.15, 0.2) is 16.3 Å². The molecule has 4 aromatic rings. The largest absolute Gasteiger partial charge is 0.493 e. The topological polar surface area (TPSA) is 88.4 Å². The molecule has 3 aromatic carbocycles. The summed E-state index contributed by atoms with van der Waals surface area (Å²) in [5, 5.41) is 0.789. The Labute approximate surface area is 262 Å².